The summed E-state index contributed by atoms with van der Waals surface area (Å²) < 4.78 is 0. The van der Waals surface area contributed by atoms with Crippen molar-refractivity contribution >= 4 is 12.6 Å². The van der Waals surface area contributed by atoms with Crippen molar-refractivity contribution in [2.45, 2.75) is 6.54 Å². The van der Waals surface area contributed by atoms with Gasteiger partial charge in [0.1, 0.15) is 0 Å². The van der Waals surface area contributed by atoms with Gasteiger partial charge in [-0.2, -0.15) is 12.6 Å². The molecule has 0 saturated heterocycles. The van der Waals surface area contributed by atoms with Crippen LogP contribution >= 0.6 is 12.6 Å². The highest BCUT2D eigenvalue weighted by Crippen LogP contribution is 2.15. The van der Waals surface area contributed by atoms with Crippen LogP contribution in [0.15, 0.2) is 48.7 Å². The highest BCUT2D eigenvalue weighted by atomic mass is 32.1. The van der Waals surface area contributed by atoms with E-state index in [0.717, 1.165) is 30.1 Å². The minimum Gasteiger partial charge on any atom is -0.312 e. The van der Waals surface area contributed by atoms with E-state index in [4.69, 9.17) is 0 Å². The molecule has 2 nitrogen and oxygen atoms in total. The summed E-state index contributed by atoms with van der Waals surface area (Å²) in [6.07, 6.45) is 1.92. The van der Waals surface area contributed by atoms with Crippen LogP contribution in [-0.4, -0.2) is 17.3 Å². The van der Waals surface area contributed by atoms with Crippen molar-refractivity contribution in [3.8, 4) is 11.3 Å². The normalized spacial score (nSPS) is 10.4. The zero-order chi connectivity index (χ0) is 11.9. The highest BCUT2D eigenvalue weighted by molar-refractivity contribution is 7.80. The van der Waals surface area contributed by atoms with Gasteiger partial charge in [0.15, 0.2) is 0 Å². The third kappa shape index (κ3) is 3.58. The fourth-order valence-corrected chi connectivity index (χ4v) is 1.78. The van der Waals surface area contributed by atoms with Crippen LogP contribution in [0, 0.1) is 0 Å². The van der Waals surface area contributed by atoms with E-state index < -0.39 is 0 Å². The maximum Gasteiger partial charge on any atom is 0.0702 e. The Morgan fingerprint density at radius 2 is 1.88 bits per heavy atom. The van der Waals surface area contributed by atoms with Crippen LogP contribution in [0.2, 0.25) is 0 Å². The van der Waals surface area contributed by atoms with Crippen molar-refractivity contribution in [3.63, 3.8) is 0 Å². The van der Waals surface area contributed by atoms with Gasteiger partial charge in [-0.3, -0.25) is 4.98 Å². The zero-order valence-electron chi connectivity index (χ0n) is 9.63. The van der Waals surface area contributed by atoms with Gasteiger partial charge in [0.05, 0.1) is 5.69 Å². The molecule has 1 aromatic heterocycles. The Balaban J connectivity index is 2.03. The van der Waals surface area contributed by atoms with E-state index in [1.165, 1.54) is 5.56 Å². The second kappa shape index (κ2) is 6.42. The average Bonchev–Trinajstić information content (AvgIpc) is 2.41. The second-order valence-corrected chi connectivity index (χ2v) is 4.27. The first kappa shape index (κ1) is 12.1. The fourth-order valence-electron chi connectivity index (χ4n) is 1.62. The third-order valence-electron chi connectivity index (χ3n) is 2.51. The predicted molar refractivity (Wildman–Crippen MR) is 75.2 cm³/mol. The van der Waals surface area contributed by atoms with Gasteiger partial charge in [-0.15, -0.1) is 0 Å². The van der Waals surface area contributed by atoms with Gasteiger partial charge in [-0.1, -0.05) is 36.4 Å². The van der Waals surface area contributed by atoms with E-state index in [9.17, 15) is 0 Å². The van der Waals surface area contributed by atoms with Crippen LogP contribution in [0.4, 0.5) is 0 Å². The maximum absolute atomic E-state index is 4.47. The molecule has 1 aromatic carbocycles. The molecule has 88 valence electrons. The van der Waals surface area contributed by atoms with Crippen molar-refractivity contribution in [2.24, 2.45) is 0 Å². The molecule has 0 saturated carbocycles. The summed E-state index contributed by atoms with van der Waals surface area (Å²) in [5, 5.41) is 3.29. The van der Waals surface area contributed by atoms with Crippen LogP contribution in [0.3, 0.4) is 0 Å². The van der Waals surface area contributed by atoms with Crippen molar-refractivity contribution < 1.29 is 0 Å². The molecule has 2 rings (SSSR count). The number of aromatic nitrogens is 1. The van der Waals surface area contributed by atoms with E-state index in [-0.39, 0.29) is 0 Å². The van der Waals surface area contributed by atoms with Crippen molar-refractivity contribution in [1.82, 2.24) is 10.3 Å². The number of rotatable bonds is 5. The Labute approximate surface area is 108 Å². The minimum absolute atomic E-state index is 0.850. The Bertz CT molecular complexity index is 440. The van der Waals surface area contributed by atoms with Crippen LogP contribution in [0.1, 0.15) is 5.56 Å². The minimum atomic E-state index is 0.850. The average molecular weight is 244 g/mol. The van der Waals surface area contributed by atoms with E-state index in [1.807, 2.05) is 24.4 Å². The predicted octanol–water partition coefficient (Wildman–Crippen LogP) is 2.77. The van der Waals surface area contributed by atoms with Gasteiger partial charge in [-0.25, -0.2) is 0 Å². The fraction of sp³-hybridized carbons (Fsp3) is 0.214. The molecule has 17 heavy (non-hydrogen) atoms. The molecule has 0 unspecified atom stereocenters. The summed E-state index contributed by atoms with van der Waals surface area (Å²) in [5.41, 5.74) is 3.37. The molecular formula is C14H16N2S. The van der Waals surface area contributed by atoms with Crippen molar-refractivity contribution in [3.05, 3.63) is 54.2 Å². The maximum atomic E-state index is 4.47. The van der Waals surface area contributed by atoms with Gasteiger partial charge in [0, 0.05) is 30.6 Å². The number of nitrogens with one attached hydrogen (secondary N) is 1. The van der Waals surface area contributed by atoms with Gasteiger partial charge in [0.2, 0.25) is 0 Å². The number of benzene rings is 1. The number of nitrogens with zero attached hydrogens (tertiary/aromatic N) is 1. The molecule has 0 aliphatic rings. The monoisotopic (exact) mass is 244 g/mol. The standard InChI is InChI=1S/C14H16N2S/c17-9-8-15-10-12-6-7-14(16-11-12)13-4-2-1-3-5-13/h1-7,11,15,17H,8-10H2. The first-order chi connectivity index (χ1) is 8.40. The summed E-state index contributed by atoms with van der Waals surface area (Å²) in [7, 11) is 0. The molecule has 0 aliphatic carbocycles. The molecule has 0 fully saturated rings. The highest BCUT2D eigenvalue weighted by Gasteiger charge is 1.98. The largest absolute Gasteiger partial charge is 0.312 e. The van der Waals surface area contributed by atoms with E-state index in [0.29, 0.717) is 0 Å². The van der Waals surface area contributed by atoms with Crippen molar-refractivity contribution in [2.75, 3.05) is 12.3 Å². The van der Waals surface area contributed by atoms with E-state index in [2.05, 4.69) is 47.2 Å². The summed E-state index contributed by atoms with van der Waals surface area (Å²) in [6, 6.07) is 14.4. The molecule has 0 radical (unpaired) electrons. The molecular weight excluding hydrogens is 228 g/mol. The lowest BCUT2D eigenvalue weighted by Crippen LogP contribution is -2.15. The summed E-state index contributed by atoms with van der Waals surface area (Å²) >= 11 is 4.15. The van der Waals surface area contributed by atoms with Crippen LogP contribution in [-0.2, 0) is 6.54 Å². The lowest BCUT2D eigenvalue weighted by molar-refractivity contribution is 0.730. The topological polar surface area (TPSA) is 24.9 Å². The summed E-state index contributed by atoms with van der Waals surface area (Å²) in [4.78, 5) is 4.47. The number of thiol groups is 1. The van der Waals surface area contributed by atoms with Gasteiger partial charge >= 0.3 is 0 Å². The van der Waals surface area contributed by atoms with Crippen LogP contribution < -0.4 is 5.32 Å². The van der Waals surface area contributed by atoms with E-state index >= 15 is 0 Å². The zero-order valence-corrected chi connectivity index (χ0v) is 10.5. The Kier molecular flexibility index (Phi) is 4.59. The number of pyridine rings is 1. The Morgan fingerprint density at radius 1 is 1.06 bits per heavy atom. The third-order valence-corrected chi connectivity index (χ3v) is 2.74. The second-order valence-electron chi connectivity index (χ2n) is 3.82. The molecule has 0 amide bonds. The molecule has 1 N–H and O–H groups in total. The van der Waals surface area contributed by atoms with E-state index in [1.54, 1.807) is 0 Å². The molecule has 0 aliphatic heterocycles. The number of hydrogen-bond acceptors (Lipinski definition) is 3. The first-order valence-corrected chi connectivity index (χ1v) is 6.35. The lowest BCUT2D eigenvalue weighted by atomic mass is 10.1. The molecule has 0 bridgehead atoms. The molecule has 0 atom stereocenters. The van der Waals surface area contributed by atoms with Crippen LogP contribution in [0.5, 0.6) is 0 Å². The Hall–Kier alpha value is -1.32. The van der Waals surface area contributed by atoms with Crippen LogP contribution in [0.25, 0.3) is 11.3 Å². The SMILES string of the molecule is SCCNCc1ccc(-c2ccccc2)nc1. The summed E-state index contributed by atoms with van der Waals surface area (Å²) in [6.45, 7) is 1.77. The summed E-state index contributed by atoms with van der Waals surface area (Å²) in [5.74, 6) is 0.857. The number of hydrogen-bond donors (Lipinski definition) is 2. The smallest absolute Gasteiger partial charge is 0.0702 e. The van der Waals surface area contributed by atoms with Gasteiger partial charge < -0.3 is 5.32 Å². The molecule has 0 spiro atoms. The molecule has 1 heterocycles. The Morgan fingerprint density at radius 3 is 2.53 bits per heavy atom. The molecule has 2 aromatic rings. The van der Waals surface area contributed by atoms with Crippen molar-refractivity contribution in [1.29, 1.82) is 0 Å². The van der Waals surface area contributed by atoms with Gasteiger partial charge in [0.25, 0.3) is 0 Å². The lowest BCUT2D eigenvalue weighted by Gasteiger charge is -2.04. The van der Waals surface area contributed by atoms with Gasteiger partial charge in [-0.05, 0) is 11.6 Å². The first-order valence-electron chi connectivity index (χ1n) is 5.72. The molecule has 3 heteroatoms. The quantitative estimate of drug-likeness (QED) is 0.624.